The molecule has 0 spiro atoms. The molecule has 0 atom stereocenters. The normalized spacial score (nSPS) is 14.9. The standard InChI is InChI=1S/C26H27N3O5S/c1-34-26(31)22-10-5-11-23(17-22)27-25(30)21-9-6-12-24(18-21)35(32,33)29-15-13-28(14-16-29)19-20-7-3-2-4-8-20/h2-12,17-18H,13-16,19H2,1H3,(H,27,30). The summed E-state index contributed by atoms with van der Waals surface area (Å²) in [5, 5.41) is 2.70. The molecule has 1 aliphatic rings. The van der Waals surface area contributed by atoms with Crippen LogP contribution in [0.2, 0.25) is 0 Å². The van der Waals surface area contributed by atoms with E-state index in [0.29, 0.717) is 37.4 Å². The highest BCUT2D eigenvalue weighted by Gasteiger charge is 2.29. The van der Waals surface area contributed by atoms with Crippen LogP contribution in [0, 0.1) is 0 Å². The molecule has 0 aliphatic carbocycles. The number of esters is 1. The van der Waals surface area contributed by atoms with E-state index in [-0.39, 0.29) is 10.5 Å². The highest BCUT2D eigenvalue weighted by Crippen LogP contribution is 2.21. The van der Waals surface area contributed by atoms with Gasteiger partial charge in [-0.15, -0.1) is 0 Å². The second-order valence-electron chi connectivity index (χ2n) is 8.22. The molecule has 0 saturated carbocycles. The molecule has 1 N–H and O–H groups in total. The third kappa shape index (κ3) is 5.94. The number of nitrogens with zero attached hydrogens (tertiary/aromatic N) is 2. The molecule has 9 heteroatoms. The maximum atomic E-state index is 13.3. The Morgan fingerprint density at radius 3 is 2.26 bits per heavy atom. The second-order valence-corrected chi connectivity index (χ2v) is 10.2. The quantitative estimate of drug-likeness (QED) is 0.508. The monoisotopic (exact) mass is 493 g/mol. The van der Waals surface area contributed by atoms with Gasteiger partial charge in [0.05, 0.1) is 17.6 Å². The molecule has 0 unspecified atom stereocenters. The molecule has 1 saturated heterocycles. The number of anilines is 1. The van der Waals surface area contributed by atoms with E-state index >= 15 is 0 Å². The fraction of sp³-hybridized carbons (Fsp3) is 0.231. The number of sulfonamides is 1. The molecule has 1 aliphatic heterocycles. The van der Waals surface area contributed by atoms with Crippen LogP contribution >= 0.6 is 0 Å². The molecular weight excluding hydrogens is 466 g/mol. The van der Waals surface area contributed by atoms with Crippen molar-refractivity contribution >= 4 is 27.6 Å². The van der Waals surface area contributed by atoms with E-state index in [1.165, 1.54) is 35.2 Å². The Morgan fingerprint density at radius 2 is 1.54 bits per heavy atom. The predicted octanol–water partition coefficient (Wildman–Crippen LogP) is 3.23. The lowest BCUT2D eigenvalue weighted by atomic mass is 10.1. The maximum absolute atomic E-state index is 13.3. The minimum absolute atomic E-state index is 0.0740. The van der Waals surface area contributed by atoms with E-state index in [1.807, 2.05) is 18.2 Å². The number of hydrogen-bond acceptors (Lipinski definition) is 6. The molecule has 3 aromatic carbocycles. The Balaban J connectivity index is 1.42. The van der Waals surface area contributed by atoms with Gasteiger partial charge in [0.25, 0.3) is 5.91 Å². The molecule has 0 bridgehead atoms. The van der Waals surface area contributed by atoms with Crippen molar-refractivity contribution in [2.75, 3.05) is 38.6 Å². The summed E-state index contributed by atoms with van der Waals surface area (Å²) in [6, 6.07) is 22.4. The molecule has 0 radical (unpaired) electrons. The van der Waals surface area contributed by atoms with Crippen LogP contribution in [0.25, 0.3) is 0 Å². The van der Waals surface area contributed by atoms with Crippen LogP contribution in [0.5, 0.6) is 0 Å². The molecular formula is C26H27N3O5S. The van der Waals surface area contributed by atoms with Gasteiger partial charge in [-0.25, -0.2) is 13.2 Å². The van der Waals surface area contributed by atoms with Crippen molar-refractivity contribution in [1.29, 1.82) is 0 Å². The summed E-state index contributed by atoms with van der Waals surface area (Å²) in [5.41, 5.74) is 2.10. The van der Waals surface area contributed by atoms with Crippen molar-refractivity contribution in [3.05, 3.63) is 95.6 Å². The fourth-order valence-electron chi connectivity index (χ4n) is 3.96. The van der Waals surface area contributed by atoms with Crippen molar-refractivity contribution in [2.45, 2.75) is 11.4 Å². The van der Waals surface area contributed by atoms with Gasteiger partial charge in [0.2, 0.25) is 10.0 Å². The summed E-state index contributed by atoms with van der Waals surface area (Å²) in [6.07, 6.45) is 0. The molecule has 1 fully saturated rings. The Kier molecular flexibility index (Phi) is 7.60. The van der Waals surface area contributed by atoms with Gasteiger partial charge < -0.3 is 10.1 Å². The highest BCUT2D eigenvalue weighted by molar-refractivity contribution is 7.89. The summed E-state index contributed by atoms with van der Waals surface area (Å²) in [7, 11) is -2.46. The molecule has 0 aromatic heterocycles. The van der Waals surface area contributed by atoms with Gasteiger partial charge in [-0.05, 0) is 42.0 Å². The van der Waals surface area contributed by atoms with Gasteiger partial charge in [0, 0.05) is 44.0 Å². The van der Waals surface area contributed by atoms with Gasteiger partial charge in [0.1, 0.15) is 0 Å². The van der Waals surface area contributed by atoms with Gasteiger partial charge in [-0.2, -0.15) is 4.31 Å². The van der Waals surface area contributed by atoms with Crippen LogP contribution in [0.4, 0.5) is 5.69 Å². The number of carbonyl (C=O) groups is 2. The van der Waals surface area contributed by atoms with Crippen molar-refractivity contribution < 1.29 is 22.7 Å². The highest BCUT2D eigenvalue weighted by atomic mass is 32.2. The molecule has 35 heavy (non-hydrogen) atoms. The molecule has 1 amide bonds. The van der Waals surface area contributed by atoms with Crippen molar-refractivity contribution in [1.82, 2.24) is 9.21 Å². The minimum atomic E-state index is -3.74. The van der Waals surface area contributed by atoms with Crippen LogP contribution < -0.4 is 5.32 Å². The van der Waals surface area contributed by atoms with Crippen LogP contribution in [0.3, 0.4) is 0 Å². The van der Waals surface area contributed by atoms with Crippen LogP contribution in [-0.2, 0) is 21.3 Å². The van der Waals surface area contributed by atoms with E-state index in [4.69, 9.17) is 4.74 Å². The van der Waals surface area contributed by atoms with Gasteiger partial charge in [-0.3, -0.25) is 9.69 Å². The Hall–Kier alpha value is -3.53. The number of amides is 1. The summed E-state index contributed by atoms with van der Waals surface area (Å²) < 4.78 is 32.7. The first kappa shape index (κ1) is 24.6. The SMILES string of the molecule is COC(=O)c1cccc(NC(=O)c2cccc(S(=O)(=O)N3CCN(Cc4ccccc4)CC3)c2)c1. The zero-order chi connectivity index (χ0) is 24.8. The first-order valence-electron chi connectivity index (χ1n) is 11.2. The minimum Gasteiger partial charge on any atom is -0.465 e. The number of carbonyl (C=O) groups excluding carboxylic acids is 2. The average Bonchev–Trinajstić information content (AvgIpc) is 2.89. The predicted molar refractivity (Wildman–Crippen MR) is 133 cm³/mol. The van der Waals surface area contributed by atoms with Gasteiger partial charge >= 0.3 is 5.97 Å². The Bertz CT molecular complexity index is 1300. The first-order chi connectivity index (χ1) is 16.9. The number of ether oxygens (including phenoxy) is 1. The number of methoxy groups -OCH3 is 1. The summed E-state index contributed by atoms with van der Waals surface area (Å²) in [6.45, 7) is 2.80. The van der Waals surface area contributed by atoms with E-state index in [9.17, 15) is 18.0 Å². The summed E-state index contributed by atoms with van der Waals surface area (Å²) in [4.78, 5) is 26.8. The zero-order valence-electron chi connectivity index (χ0n) is 19.4. The van der Waals surface area contributed by atoms with Gasteiger partial charge in [-0.1, -0.05) is 42.5 Å². The van der Waals surface area contributed by atoms with E-state index in [1.54, 1.807) is 30.3 Å². The summed E-state index contributed by atoms with van der Waals surface area (Å²) >= 11 is 0. The number of rotatable bonds is 7. The van der Waals surface area contributed by atoms with Crippen LogP contribution in [0.1, 0.15) is 26.3 Å². The van der Waals surface area contributed by atoms with E-state index in [0.717, 1.165) is 6.54 Å². The van der Waals surface area contributed by atoms with E-state index < -0.39 is 21.9 Å². The average molecular weight is 494 g/mol. The number of nitrogens with one attached hydrogen (secondary N) is 1. The number of piperazine rings is 1. The van der Waals surface area contributed by atoms with Crippen molar-refractivity contribution in [3.63, 3.8) is 0 Å². The number of hydrogen-bond donors (Lipinski definition) is 1. The summed E-state index contributed by atoms with van der Waals surface area (Å²) in [5.74, 6) is -0.991. The smallest absolute Gasteiger partial charge is 0.337 e. The zero-order valence-corrected chi connectivity index (χ0v) is 20.2. The Morgan fingerprint density at radius 1 is 0.857 bits per heavy atom. The maximum Gasteiger partial charge on any atom is 0.337 e. The molecule has 3 aromatic rings. The van der Waals surface area contributed by atoms with Crippen LogP contribution in [0.15, 0.2) is 83.8 Å². The molecule has 4 rings (SSSR count). The second kappa shape index (κ2) is 10.8. The topological polar surface area (TPSA) is 96.0 Å². The van der Waals surface area contributed by atoms with Gasteiger partial charge in [0.15, 0.2) is 0 Å². The molecule has 8 nitrogen and oxygen atoms in total. The first-order valence-corrected chi connectivity index (χ1v) is 12.7. The lowest BCUT2D eigenvalue weighted by molar-refractivity contribution is 0.0600. The lowest BCUT2D eigenvalue weighted by Gasteiger charge is -2.34. The van der Waals surface area contributed by atoms with Crippen LogP contribution in [-0.4, -0.2) is 62.8 Å². The lowest BCUT2D eigenvalue weighted by Crippen LogP contribution is -2.48. The van der Waals surface area contributed by atoms with Crippen molar-refractivity contribution in [3.8, 4) is 0 Å². The Labute approximate surface area is 205 Å². The van der Waals surface area contributed by atoms with E-state index in [2.05, 4.69) is 22.3 Å². The molecule has 182 valence electrons. The third-order valence-electron chi connectivity index (χ3n) is 5.86. The van der Waals surface area contributed by atoms with Crippen molar-refractivity contribution in [2.24, 2.45) is 0 Å². The fourth-order valence-corrected chi connectivity index (χ4v) is 5.43. The molecule has 1 heterocycles. The number of benzene rings is 3. The largest absolute Gasteiger partial charge is 0.465 e. The third-order valence-corrected chi connectivity index (χ3v) is 7.75.